The molecule has 2 aromatic rings. The smallest absolute Gasteiger partial charge is 0.241 e. The molecular formula is C14H21N5OS. The van der Waals surface area contributed by atoms with Gasteiger partial charge in [-0.2, -0.15) is 4.98 Å². The number of hydrogen-bond donors (Lipinski definition) is 2. The number of nitrogens with zero attached hydrogens (tertiary/aromatic N) is 3. The fraction of sp³-hybridized carbons (Fsp3) is 0.500. The van der Waals surface area contributed by atoms with Crippen molar-refractivity contribution in [3.63, 3.8) is 0 Å². The van der Waals surface area contributed by atoms with Crippen molar-refractivity contribution in [2.24, 2.45) is 0 Å². The van der Waals surface area contributed by atoms with Crippen molar-refractivity contribution in [2.75, 3.05) is 37.3 Å². The molecule has 0 aliphatic carbocycles. The molecule has 114 valence electrons. The molecule has 0 unspecified atom stereocenters. The maximum atomic E-state index is 11.9. The Hall–Kier alpha value is -1.89. The molecule has 0 spiro atoms. The number of carbonyl (C=O) groups is 1. The van der Waals surface area contributed by atoms with Crippen LogP contribution < -0.4 is 10.6 Å². The van der Waals surface area contributed by atoms with Crippen LogP contribution in [0.2, 0.25) is 0 Å². The minimum Gasteiger partial charge on any atom is -0.360 e. The molecule has 1 amide bonds. The SMILES string of the molecule is CCCNc1nc(NCC(=O)N(C)CC)c2ccsc2n1. The molecule has 2 aromatic heterocycles. The fourth-order valence-electron chi connectivity index (χ4n) is 1.78. The molecule has 6 nitrogen and oxygen atoms in total. The highest BCUT2D eigenvalue weighted by Crippen LogP contribution is 2.26. The third-order valence-corrected chi connectivity index (χ3v) is 3.97. The van der Waals surface area contributed by atoms with Crippen molar-refractivity contribution < 1.29 is 4.79 Å². The summed E-state index contributed by atoms with van der Waals surface area (Å²) >= 11 is 1.57. The average Bonchev–Trinajstić information content (AvgIpc) is 2.97. The number of fused-ring (bicyclic) bond motifs is 1. The van der Waals surface area contributed by atoms with Gasteiger partial charge in [-0.1, -0.05) is 6.92 Å². The van der Waals surface area contributed by atoms with Gasteiger partial charge in [0.2, 0.25) is 11.9 Å². The molecule has 0 atom stereocenters. The van der Waals surface area contributed by atoms with Crippen molar-refractivity contribution in [1.29, 1.82) is 0 Å². The molecular weight excluding hydrogens is 286 g/mol. The van der Waals surface area contributed by atoms with Gasteiger partial charge in [0.05, 0.1) is 11.9 Å². The van der Waals surface area contributed by atoms with Crippen LogP contribution in [0.25, 0.3) is 10.2 Å². The van der Waals surface area contributed by atoms with Crippen LogP contribution in [0, 0.1) is 0 Å². The zero-order valence-electron chi connectivity index (χ0n) is 12.6. The van der Waals surface area contributed by atoms with Crippen LogP contribution in [-0.2, 0) is 4.79 Å². The highest BCUT2D eigenvalue weighted by molar-refractivity contribution is 7.16. The van der Waals surface area contributed by atoms with Gasteiger partial charge in [-0.3, -0.25) is 4.79 Å². The van der Waals surface area contributed by atoms with Gasteiger partial charge in [0.25, 0.3) is 0 Å². The summed E-state index contributed by atoms with van der Waals surface area (Å²) < 4.78 is 0. The van der Waals surface area contributed by atoms with E-state index in [1.165, 1.54) is 0 Å². The lowest BCUT2D eigenvalue weighted by Crippen LogP contribution is -2.32. The fourth-order valence-corrected chi connectivity index (χ4v) is 2.54. The summed E-state index contributed by atoms with van der Waals surface area (Å²) in [5.41, 5.74) is 0. The second kappa shape index (κ2) is 7.21. The van der Waals surface area contributed by atoms with Gasteiger partial charge in [0.15, 0.2) is 0 Å². The van der Waals surface area contributed by atoms with Crippen LogP contribution in [0.15, 0.2) is 11.4 Å². The predicted octanol–water partition coefficient (Wildman–Crippen LogP) is 2.40. The van der Waals surface area contributed by atoms with E-state index in [9.17, 15) is 4.79 Å². The van der Waals surface area contributed by atoms with Crippen LogP contribution >= 0.6 is 11.3 Å². The molecule has 7 heteroatoms. The number of likely N-dealkylation sites (N-methyl/N-ethyl adjacent to an activating group) is 1. The van der Waals surface area contributed by atoms with Gasteiger partial charge in [-0.25, -0.2) is 4.98 Å². The summed E-state index contributed by atoms with van der Waals surface area (Å²) in [6.45, 7) is 5.80. The first-order chi connectivity index (χ1) is 10.2. The number of nitrogens with one attached hydrogen (secondary N) is 2. The lowest BCUT2D eigenvalue weighted by molar-refractivity contribution is -0.127. The first-order valence-electron chi connectivity index (χ1n) is 7.12. The van der Waals surface area contributed by atoms with Gasteiger partial charge in [-0.15, -0.1) is 11.3 Å². The van der Waals surface area contributed by atoms with E-state index in [1.54, 1.807) is 23.3 Å². The molecule has 0 aromatic carbocycles. The number of carbonyl (C=O) groups excluding carboxylic acids is 1. The molecule has 0 aliphatic heterocycles. The van der Waals surface area contributed by atoms with Gasteiger partial charge in [-0.05, 0) is 24.8 Å². The maximum Gasteiger partial charge on any atom is 0.241 e. The summed E-state index contributed by atoms with van der Waals surface area (Å²) in [5, 5.41) is 9.25. The first kappa shape index (κ1) is 15.5. The van der Waals surface area contributed by atoms with Gasteiger partial charge in [0.1, 0.15) is 10.6 Å². The van der Waals surface area contributed by atoms with Crippen molar-refractivity contribution in [1.82, 2.24) is 14.9 Å². The highest BCUT2D eigenvalue weighted by atomic mass is 32.1. The Kier molecular flexibility index (Phi) is 5.32. The van der Waals surface area contributed by atoms with Crippen molar-refractivity contribution in [3.8, 4) is 0 Å². The van der Waals surface area contributed by atoms with Crippen molar-refractivity contribution >= 4 is 39.2 Å². The summed E-state index contributed by atoms with van der Waals surface area (Å²) in [4.78, 5) is 23.4. The maximum absolute atomic E-state index is 11.9. The summed E-state index contributed by atoms with van der Waals surface area (Å²) in [6, 6.07) is 1.97. The van der Waals surface area contributed by atoms with Crippen LogP contribution in [0.3, 0.4) is 0 Å². The largest absolute Gasteiger partial charge is 0.360 e. The Labute approximate surface area is 128 Å². The van der Waals surface area contributed by atoms with Crippen LogP contribution in [0.1, 0.15) is 20.3 Å². The molecule has 0 fully saturated rings. The number of hydrogen-bond acceptors (Lipinski definition) is 6. The standard InChI is InChI=1S/C14H21N5OS/c1-4-7-15-14-17-12(10-6-8-21-13(10)18-14)16-9-11(20)19(3)5-2/h6,8H,4-5,7,9H2,1-3H3,(H2,15,16,17,18). The third-order valence-electron chi connectivity index (χ3n) is 3.17. The van der Waals surface area contributed by atoms with Crippen molar-refractivity contribution in [3.05, 3.63) is 11.4 Å². The minimum absolute atomic E-state index is 0.0440. The molecule has 2 heterocycles. The second-order valence-electron chi connectivity index (χ2n) is 4.72. The van der Waals surface area contributed by atoms with Crippen molar-refractivity contribution in [2.45, 2.75) is 20.3 Å². The van der Waals surface area contributed by atoms with Gasteiger partial charge in [0, 0.05) is 20.1 Å². The topological polar surface area (TPSA) is 70.2 Å². The second-order valence-corrected chi connectivity index (χ2v) is 5.62. The molecule has 0 radical (unpaired) electrons. The average molecular weight is 307 g/mol. The van der Waals surface area contributed by atoms with Gasteiger partial charge < -0.3 is 15.5 Å². The number of thiophene rings is 1. The van der Waals surface area contributed by atoms with E-state index in [2.05, 4.69) is 27.5 Å². The molecule has 2 N–H and O–H groups in total. The van der Waals surface area contributed by atoms with E-state index in [-0.39, 0.29) is 12.5 Å². The lowest BCUT2D eigenvalue weighted by atomic mass is 10.3. The molecule has 0 aliphatic rings. The molecule has 0 saturated heterocycles. The zero-order valence-corrected chi connectivity index (χ0v) is 13.5. The van der Waals surface area contributed by atoms with E-state index in [0.29, 0.717) is 18.3 Å². The highest BCUT2D eigenvalue weighted by Gasteiger charge is 2.11. The van der Waals surface area contributed by atoms with E-state index in [1.807, 2.05) is 18.4 Å². The Bertz CT molecular complexity index is 612. The molecule has 21 heavy (non-hydrogen) atoms. The van der Waals surface area contributed by atoms with E-state index >= 15 is 0 Å². The van der Waals surface area contributed by atoms with Crippen LogP contribution in [0.4, 0.5) is 11.8 Å². The monoisotopic (exact) mass is 307 g/mol. The summed E-state index contributed by atoms with van der Waals surface area (Å²) in [5.74, 6) is 1.35. The van der Waals surface area contributed by atoms with Crippen LogP contribution in [-0.4, -0.2) is 47.5 Å². The Balaban J connectivity index is 2.17. The molecule has 0 saturated carbocycles. The Morgan fingerprint density at radius 1 is 1.33 bits per heavy atom. The van der Waals surface area contributed by atoms with E-state index in [4.69, 9.17) is 0 Å². The quantitative estimate of drug-likeness (QED) is 0.822. The zero-order chi connectivity index (χ0) is 15.2. The lowest BCUT2D eigenvalue weighted by Gasteiger charge is -2.15. The molecule has 0 bridgehead atoms. The third kappa shape index (κ3) is 3.81. The first-order valence-corrected chi connectivity index (χ1v) is 8.00. The Morgan fingerprint density at radius 2 is 2.14 bits per heavy atom. The Morgan fingerprint density at radius 3 is 2.86 bits per heavy atom. The normalized spacial score (nSPS) is 10.6. The minimum atomic E-state index is 0.0440. The summed E-state index contributed by atoms with van der Waals surface area (Å²) in [6.07, 6.45) is 1.01. The van der Waals surface area contributed by atoms with Gasteiger partial charge >= 0.3 is 0 Å². The number of amides is 1. The van der Waals surface area contributed by atoms with E-state index < -0.39 is 0 Å². The number of rotatable bonds is 7. The van der Waals surface area contributed by atoms with Crippen LogP contribution in [0.5, 0.6) is 0 Å². The summed E-state index contributed by atoms with van der Waals surface area (Å²) in [7, 11) is 1.79. The number of aromatic nitrogens is 2. The predicted molar refractivity (Wildman–Crippen MR) is 88.0 cm³/mol. The number of anilines is 2. The molecule has 2 rings (SSSR count). The van der Waals surface area contributed by atoms with E-state index in [0.717, 1.165) is 23.2 Å².